The molecule has 0 unspecified atom stereocenters. The van der Waals surface area contributed by atoms with Crippen molar-refractivity contribution < 1.29 is 14.3 Å². The molecular weight excluding hydrogens is 352 g/mol. The van der Waals surface area contributed by atoms with Crippen molar-refractivity contribution in [2.24, 2.45) is 0 Å². The Labute approximate surface area is 167 Å². The number of ether oxygens (including phenoxy) is 2. The van der Waals surface area contributed by atoms with E-state index < -0.39 is 0 Å². The maximum absolute atomic E-state index is 12.9. The van der Waals surface area contributed by atoms with Gasteiger partial charge in [-0.3, -0.25) is 4.79 Å². The van der Waals surface area contributed by atoms with E-state index in [-0.39, 0.29) is 11.9 Å². The molecule has 5 nitrogen and oxygen atoms in total. The second-order valence-electron chi connectivity index (χ2n) is 7.11. The summed E-state index contributed by atoms with van der Waals surface area (Å²) in [6.07, 6.45) is 1.18. The molecule has 0 aliphatic carbocycles. The molecule has 0 aromatic heterocycles. The van der Waals surface area contributed by atoms with Crippen molar-refractivity contribution in [1.82, 2.24) is 9.80 Å². The zero-order valence-electron chi connectivity index (χ0n) is 16.8. The summed E-state index contributed by atoms with van der Waals surface area (Å²) in [5.74, 6) is 1.68. The Bertz CT molecular complexity index is 751. The summed E-state index contributed by atoms with van der Waals surface area (Å²) in [7, 11) is 2.11. The van der Waals surface area contributed by atoms with Crippen molar-refractivity contribution in [3.05, 3.63) is 60.2 Å². The first-order valence-corrected chi connectivity index (χ1v) is 10.1. The van der Waals surface area contributed by atoms with Gasteiger partial charge in [0.15, 0.2) is 11.5 Å². The van der Waals surface area contributed by atoms with Crippen LogP contribution in [0, 0.1) is 0 Å². The Morgan fingerprint density at radius 3 is 2.39 bits per heavy atom. The second kappa shape index (κ2) is 10.1. The van der Waals surface area contributed by atoms with Gasteiger partial charge in [-0.15, -0.1) is 0 Å². The molecule has 2 aromatic carbocycles. The molecule has 0 radical (unpaired) electrons. The number of para-hydroxylation sites is 2. The molecule has 28 heavy (non-hydrogen) atoms. The van der Waals surface area contributed by atoms with Crippen LogP contribution in [0.3, 0.4) is 0 Å². The number of hydrogen-bond donors (Lipinski definition) is 0. The van der Waals surface area contributed by atoms with E-state index in [0.717, 1.165) is 31.1 Å². The molecule has 1 aliphatic rings. The summed E-state index contributed by atoms with van der Waals surface area (Å²) >= 11 is 0. The highest BCUT2D eigenvalue weighted by Crippen LogP contribution is 2.27. The maximum Gasteiger partial charge on any atom is 0.223 e. The van der Waals surface area contributed by atoms with Gasteiger partial charge in [0, 0.05) is 26.1 Å². The minimum absolute atomic E-state index is 0.118. The molecule has 0 bridgehead atoms. The van der Waals surface area contributed by atoms with Gasteiger partial charge >= 0.3 is 0 Å². The highest BCUT2D eigenvalue weighted by molar-refractivity contribution is 5.77. The minimum Gasteiger partial charge on any atom is -0.490 e. The summed E-state index contributed by atoms with van der Waals surface area (Å²) < 4.78 is 11.4. The average Bonchev–Trinajstić information content (AvgIpc) is 2.73. The third kappa shape index (κ3) is 5.26. The predicted molar refractivity (Wildman–Crippen MR) is 111 cm³/mol. The number of hydrogen-bond acceptors (Lipinski definition) is 4. The summed E-state index contributed by atoms with van der Waals surface area (Å²) in [4.78, 5) is 17.2. The summed E-state index contributed by atoms with van der Waals surface area (Å²) in [5.41, 5.74) is 1.20. The lowest BCUT2D eigenvalue weighted by Gasteiger charge is -2.40. The first-order chi connectivity index (χ1) is 13.7. The van der Waals surface area contributed by atoms with E-state index in [1.165, 1.54) is 5.56 Å². The zero-order chi connectivity index (χ0) is 19.8. The molecule has 1 amide bonds. The number of rotatable bonds is 8. The van der Waals surface area contributed by atoms with Gasteiger partial charge < -0.3 is 19.3 Å². The normalized spacial score (nSPS) is 17.4. The topological polar surface area (TPSA) is 42.0 Å². The van der Waals surface area contributed by atoms with Crippen molar-refractivity contribution in [3.63, 3.8) is 0 Å². The van der Waals surface area contributed by atoms with Crippen LogP contribution in [-0.4, -0.2) is 55.6 Å². The van der Waals surface area contributed by atoms with Crippen molar-refractivity contribution in [2.75, 3.05) is 39.9 Å². The molecule has 1 heterocycles. The zero-order valence-corrected chi connectivity index (χ0v) is 16.8. The van der Waals surface area contributed by atoms with Crippen LogP contribution in [-0.2, 0) is 4.79 Å². The Morgan fingerprint density at radius 1 is 1.00 bits per heavy atom. The number of carbonyl (C=O) groups excluding carboxylic acids is 1. The number of carbonyl (C=O) groups is 1. The van der Waals surface area contributed by atoms with Crippen LogP contribution in [0.25, 0.3) is 0 Å². The van der Waals surface area contributed by atoms with Crippen molar-refractivity contribution in [3.8, 4) is 11.5 Å². The fourth-order valence-corrected chi connectivity index (χ4v) is 3.57. The van der Waals surface area contributed by atoms with Crippen LogP contribution in [0.2, 0.25) is 0 Å². The van der Waals surface area contributed by atoms with E-state index in [2.05, 4.69) is 24.1 Å². The maximum atomic E-state index is 12.9. The number of benzene rings is 2. The average molecular weight is 383 g/mol. The first kappa shape index (κ1) is 20.2. The smallest absolute Gasteiger partial charge is 0.223 e. The Hall–Kier alpha value is -2.53. The fourth-order valence-electron chi connectivity index (χ4n) is 3.57. The number of piperazine rings is 1. The third-order valence-corrected chi connectivity index (χ3v) is 5.03. The molecule has 2 aromatic rings. The summed E-state index contributed by atoms with van der Waals surface area (Å²) in [5, 5.41) is 0. The quantitative estimate of drug-likeness (QED) is 0.652. The Kier molecular flexibility index (Phi) is 7.31. The lowest BCUT2D eigenvalue weighted by Crippen LogP contribution is -2.49. The first-order valence-electron chi connectivity index (χ1n) is 10.1. The van der Waals surface area contributed by atoms with Gasteiger partial charge in [-0.2, -0.15) is 0 Å². The van der Waals surface area contributed by atoms with Crippen LogP contribution < -0.4 is 9.47 Å². The molecule has 3 rings (SSSR count). The molecule has 5 heteroatoms. The largest absolute Gasteiger partial charge is 0.490 e. The molecular formula is C23H30N2O3. The molecule has 1 aliphatic heterocycles. The van der Waals surface area contributed by atoms with Gasteiger partial charge in [0.05, 0.1) is 19.3 Å². The van der Waals surface area contributed by atoms with Crippen LogP contribution in [0.5, 0.6) is 11.5 Å². The van der Waals surface area contributed by atoms with Gasteiger partial charge in [-0.25, -0.2) is 0 Å². The standard InChI is InChI=1S/C23H30N2O3/c1-3-27-21-12-7-8-13-22(21)28-17-9-14-23(26)25-16-15-24(2)18-20(25)19-10-5-4-6-11-19/h4-8,10-13,20H,3,9,14-18H2,1-2H3/t20-/m1/s1. The van der Waals surface area contributed by atoms with Crippen LogP contribution in [0.15, 0.2) is 54.6 Å². The number of amides is 1. The van der Waals surface area contributed by atoms with Gasteiger partial charge in [-0.05, 0) is 38.1 Å². The molecule has 0 spiro atoms. The SMILES string of the molecule is CCOc1ccccc1OCCCC(=O)N1CCN(C)C[C@@H]1c1ccccc1. The van der Waals surface area contributed by atoms with Crippen LogP contribution in [0.1, 0.15) is 31.4 Å². The Balaban J connectivity index is 1.54. The number of likely N-dealkylation sites (N-methyl/N-ethyl adjacent to an activating group) is 1. The highest BCUT2D eigenvalue weighted by atomic mass is 16.5. The minimum atomic E-state index is 0.118. The van der Waals surface area contributed by atoms with Crippen LogP contribution >= 0.6 is 0 Å². The van der Waals surface area contributed by atoms with E-state index in [9.17, 15) is 4.79 Å². The van der Waals surface area contributed by atoms with Crippen molar-refractivity contribution in [1.29, 1.82) is 0 Å². The predicted octanol–water partition coefficient (Wildman–Crippen LogP) is 3.76. The lowest BCUT2D eigenvalue weighted by atomic mass is 10.0. The van der Waals surface area contributed by atoms with E-state index in [4.69, 9.17) is 9.47 Å². The van der Waals surface area contributed by atoms with Gasteiger partial charge in [0.1, 0.15) is 0 Å². The lowest BCUT2D eigenvalue weighted by molar-refractivity contribution is -0.136. The second-order valence-corrected chi connectivity index (χ2v) is 7.11. The van der Waals surface area contributed by atoms with Gasteiger partial charge in [0.2, 0.25) is 5.91 Å². The molecule has 0 N–H and O–H groups in total. The van der Waals surface area contributed by atoms with E-state index >= 15 is 0 Å². The summed E-state index contributed by atoms with van der Waals surface area (Å²) in [6, 6.07) is 18.1. The summed E-state index contributed by atoms with van der Waals surface area (Å²) in [6.45, 7) is 5.60. The molecule has 1 atom stereocenters. The third-order valence-electron chi connectivity index (χ3n) is 5.03. The van der Waals surface area contributed by atoms with E-state index in [1.54, 1.807) is 0 Å². The Morgan fingerprint density at radius 2 is 1.68 bits per heavy atom. The van der Waals surface area contributed by atoms with Crippen molar-refractivity contribution >= 4 is 5.91 Å². The van der Waals surface area contributed by atoms with Crippen LogP contribution in [0.4, 0.5) is 0 Å². The van der Waals surface area contributed by atoms with E-state index in [0.29, 0.717) is 26.1 Å². The molecule has 1 fully saturated rings. The number of nitrogens with zero attached hydrogens (tertiary/aromatic N) is 2. The molecule has 0 saturated carbocycles. The fraction of sp³-hybridized carbons (Fsp3) is 0.435. The highest BCUT2D eigenvalue weighted by Gasteiger charge is 2.29. The van der Waals surface area contributed by atoms with Crippen molar-refractivity contribution in [2.45, 2.75) is 25.8 Å². The molecule has 150 valence electrons. The van der Waals surface area contributed by atoms with Gasteiger partial charge in [-0.1, -0.05) is 42.5 Å². The molecule has 1 saturated heterocycles. The van der Waals surface area contributed by atoms with E-state index in [1.807, 2.05) is 54.3 Å². The van der Waals surface area contributed by atoms with Gasteiger partial charge in [0.25, 0.3) is 0 Å². The monoisotopic (exact) mass is 382 g/mol.